The Morgan fingerprint density at radius 2 is 2.00 bits per heavy atom. The fourth-order valence-electron chi connectivity index (χ4n) is 0.739. The number of benzene rings is 1. The van der Waals surface area contributed by atoms with Crippen molar-refractivity contribution in [2.24, 2.45) is 0 Å². The van der Waals surface area contributed by atoms with Gasteiger partial charge in [0.1, 0.15) is 4.90 Å². The van der Waals surface area contributed by atoms with Gasteiger partial charge in [0.2, 0.25) is 0 Å². The SMILES string of the molecule is O=Ic1ccc(Br)cc1S(=O)(=O)O. The fourth-order valence-corrected chi connectivity index (χ4v) is 3.59. The summed E-state index contributed by atoms with van der Waals surface area (Å²) >= 11 is 1.45. The molecule has 1 N–H and O–H groups in total. The molecule has 0 bridgehead atoms. The van der Waals surface area contributed by atoms with E-state index in [1.165, 1.54) is 12.1 Å². The molecule has 1 aromatic rings. The van der Waals surface area contributed by atoms with Crippen LogP contribution in [0.1, 0.15) is 0 Å². The van der Waals surface area contributed by atoms with Crippen LogP contribution in [-0.2, 0) is 13.2 Å². The Morgan fingerprint density at radius 3 is 2.46 bits per heavy atom. The predicted molar refractivity (Wildman–Crippen MR) is 57.4 cm³/mol. The summed E-state index contributed by atoms with van der Waals surface area (Å²) < 4.78 is 41.6. The van der Waals surface area contributed by atoms with Gasteiger partial charge in [-0.15, -0.1) is 0 Å². The van der Waals surface area contributed by atoms with Gasteiger partial charge in [-0.3, -0.25) is 7.62 Å². The molecule has 0 amide bonds. The molecule has 13 heavy (non-hydrogen) atoms. The van der Waals surface area contributed by atoms with Gasteiger partial charge in [-0.25, -0.2) is 0 Å². The standard InChI is InChI=1S/C6H4BrIO4S/c7-4-1-2-5(8-9)6(3-4)13(10,11)12/h1-3H,(H,10,11,12). The van der Waals surface area contributed by atoms with Crippen LogP contribution in [0.4, 0.5) is 0 Å². The van der Waals surface area contributed by atoms with E-state index in [1.807, 2.05) is 0 Å². The summed E-state index contributed by atoms with van der Waals surface area (Å²) in [4.78, 5) is -0.287. The number of hydrogen-bond donors (Lipinski definition) is 1. The van der Waals surface area contributed by atoms with Crippen molar-refractivity contribution in [3.05, 3.63) is 26.2 Å². The van der Waals surface area contributed by atoms with E-state index in [9.17, 15) is 11.5 Å². The van der Waals surface area contributed by atoms with Gasteiger partial charge in [0, 0.05) is 4.47 Å². The monoisotopic (exact) mass is 378 g/mol. The molecule has 0 radical (unpaired) electrons. The van der Waals surface area contributed by atoms with Crippen LogP contribution < -0.4 is 0 Å². The van der Waals surface area contributed by atoms with Gasteiger partial charge in [0.15, 0.2) is 21.2 Å². The highest BCUT2D eigenvalue weighted by molar-refractivity contribution is 14.1. The smallest absolute Gasteiger partial charge is 0.282 e. The van der Waals surface area contributed by atoms with Crippen LogP contribution in [0.2, 0.25) is 0 Å². The van der Waals surface area contributed by atoms with Gasteiger partial charge in [0.05, 0.1) is 3.57 Å². The summed E-state index contributed by atoms with van der Waals surface area (Å²) in [6.07, 6.45) is 0. The van der Waals surface area contributed by atoms with E-state index >= 15 is 0 Å². The lowest BCUT2D eigenvalue weighted by Crippen LogP contribution is -2.00. The van der Waals surface area contributed by atoms with Gasteiger partial charge in [-0.05, 0) is 18.2 Å². The zero-order chi connectivity index (χ0) is 10.1. The van der Waals surface area contributed by atoms with E-state index in [1.54, 1.807) is 6.07 Å². The second kappa shape index (κ2) is 4.11. The molecule has 0 atom stereocenters. The number of halogens is 2. The van der Waals surface area contributed by atoms with Crippen LogP contribution in [0.25, 0.3) is 0 Å². The fraction of sp³-hybridized carbons (Fsp3) is 0. The molecule has 0 aliphatic heterocycles. The van der Waals surface area contributed by atoms with E-state index in [2.05, 4.69) is 15.9 Å². The summed E-state index contributed by atoms with van der Waals surface area (Å²) in [6.45, 7) is 0. The minimum Gasteiger partial charge on any atom is -0.282 e. The molecule has 0 aliphatic rings. The first kappa shape index (κ1) is 11.2. The van der Waals surface area contributed by atoms with E-state index in [0.717, 1.165) is 0 Å². The van der Waals surface area contributed by atoms with Crippen LogP contribution in [0, 0.1) is 3.57 Å². The molecule has 0 saturated carbocycles. The molecule has 0 heterocycles. The molecule has 1 aromatic carbocycles. The quantitative estimate of drug-likeness (QED) is 0.632. The molecule has 4 nitrogen and oxygen atoms in total. The minimum absolute atomic E-state index is 0.171. The Hall–Kier alpha value is 0.140. The van der Waals surface area contributed by atoms with Crippen molar-refractivity contribution in [2.45, 2.75) is 4.90 Å². The lowest BCUT2D eigenvalue weighted by molar-refractivity contribution is 0.482. The largest absolute Gasteiger partial charge is 0.295 e. The van der Waals surface area contributed by atoms with Gasteiger partial charge in [0.25, 0.3) is 10.1 Å². The number of rotatable bonds is 2. The average molecular weight is 379 g/mol. The first-order chi connectivity index (χ1) is 5.95. The first-order valence-electron chi connectivity index (χ1n) is 2.99. The zero-order valence-electron chi connectivity index (χ0n) is 6.07. The van der Waals surface area contributed by atoms with E-state index in [-0.39, 0.29) is 8.47 Å². The molecule has 0 spiro atoms. The normalized spacial score (nSPS) is 11.5. The lowest BCUT2D eigenvalue weighted by atomic mass is 10.4. The Morgan fingerprint density at radius 1 is 1.38 bits per heavy atom. The van der Waals surface area contributed by atoms with Crippen molar-refractivity contribution in [1.82, 2.24) is 0 Å². The van der Waals surface area contributed by atoms with Crippen LogP contribution in [0.5, 0.6) is 0 Å². The average Bonchev–Trinajstić information content (AvgIpc) is 2.03. The van der Waals surface area contributed by atoms with Crippen molar-refractivity contribution in [3.8, 4) is 0 Å². The topological polar surface area (TPSA) is 71.4 Å². The lowest BCUT2D eigenvalue weighted by Gasteiger charge is -1.99. The number of hydrogen-bond acceptors (Lipinski definition) is 3. The maximum atomic E-state index is 10.8. The summed E-state index contributed by atoms with van der Waals surface area (Å²) in [6, 6.07) is 4.21. The Bertz CT molecular complexity index is 442. The van der Waals surface area contributed by atoms with Crippen LogP contribution in [-0.4, -0.2) is 13.0 Å². The maximum Gasteiger partial charge on any atom is 0.295 e. The second-order valence-electron chi connectivity index (χ2n) is 2.13. The maximum absolute atomic E-state index is 10.8. The molecule has 0 fully saturated rings. The van der Waals surface area contributed by atoms with Crippen molar-refractivity contribution in [2.75, 3.05) is 0 Å². The third kappa shape index (κ3) is 2.79. The van der Waals surface area contributed by atoms with Gasteiger partial charge in [-0.2, -0.15) is 8.42 Å². The van der Waals surface area contributed by atoms with E-state index < -0.39 is 31.3 Å². The Kier molecular flexibility index (Phi) is 3.55. The predicted octanol–water partition coefficient (Wildman–Crippen LogP) is 2.18. The van der Waals surface area contributed by atoms with E-state index in [0.29, 0.717) is 4.47 Å². The molecular weight excluding hydrogens is 375 g/mol. The van der Waals surface area contributed by atoms with Crippen LogP contribution in [0.3, 0.4) is 0 Å². The first-order valence-corrected chi connectivity index (χ1v) is 7.18. The highest BCUT2D eigenvalue weighted by Crippen LogP contribution is 2.24. The molecular formula is C6H4BrIO4S. The van der Waals surface area contributed by atoms with Crippen LogP contribution >= 0.6 is 37.1 Å². The Balaban J connectivity index is 3.50. The Labute approximate surface area is 93.9 Å². The minimum atomic E-state index is -4.27. The molecule has 0 saturated heterocycles. The molecule has 0 aromatic heterocycles. The third-order valence-electron chi connectivity index (χ3n) is 1.25. The molecule has 0 aliphatic carbocycles. The summed E-state index contributed by atoms with van der Waals surface area (Å²) in [5.74, 6) is 0. The summed E-state index contributed by atoms with van der Waals surface area (Å²) in [5.41, 5.74) is 0. The highest BCUT2D eigenvalue weighted by Gasteiger charge is 2.15. The van der Waals surface area contributed by atoms with Crippen LogP contribution in [0.15, 0.2) is 27.6 Å². The molecule has 72 valence electrons. The van der Waals surface area contributed by atoms with Crippen molar-refractivity contribution >= 4 is 47.2 Å². The van der Waals surface area contributed by atoms with Crippen molar-refractivity contribution < 1.29 is 16.0 Å². The molecule has 7 heteroatoms. The summed E-state index contributed by atoms with van der Waals surface area (Å²) in [5, 5.41) is 0. The van der Waals surface area contributed by atoms with Crippen molar-refractivity contribution in [1.29, 1.82) is 0 Å². The highest BCUT2D eigenvalue weighted by atomic mass is 127. The molecule has 0 unspecified atom stereocenters. The zero-order valence-corrected chi connectivity index (χ0v) is 10.6. The molecule has 1 rings (SSSR count). The third-order valence-corrected chi connectivity index (χ3v) is 4.42. The van der Waals surface area contributed by atoms with Crippen molar-refractivity contribution in [3.63, 3.8) is 0 Å². The van der Waals surface area contributed by atoms with Gasteiger partial charge < -0.3 is 0 Å². The summed E-state index contributed by atoms with van der Waals surface area (Å²) in [7, 11) is -4.27. The van der Waals surface area contributed by atoms with Gasteiger partial charge in [-0.1, -0.05) is 15.9 Å². The van der Waals surface area contributed by atoms with Gasteiger partial charge >= 0.3 is 0 Å². The van der Waals surface area contributed by atoms with E-state index in [4.69, 9.17) is 4.55 Å². The second-order valence-corrected chi connectivity index (χ2v) is 6.04.